The van der Waals surface area contributed by atoms with Gasteiger partial charge in [-0.1, -0.05) is 0 Å². The molecule has 2 aromatic heterocycles. The lowest BCUT2D eigenvalue weighted by Crippen LogP contribution is -2.07. The number of carboxylic acid groups (broad SMARTS) is 1. The number of nitro groups is 1. The second-order valence-corrected chi connectivity index (χ2v) is 4.01. The number of anilines is 1. The van der Waals surface area contributed by atoms with Gasteiger partial charge in [0.25, 0.3) is 0 Å². The van der Waals surface area contributed by atoms with Crippen molar-refractivity contribution >= 4 is 17.5 Å². The predicted molar refractivity (Wildman–Crippen MR) is 68.6 cm³/mol. The Kier molecular flexibility index (Phi) is 3.65. The van der Waals surface area contributed by atoms with Gasteiger partial charge in [0.1, 0.15) is 29.1 Å². The highest BCUT2D eigenvalue weighted by Crippen LogP contribution is 2.20. The summed E-state index contributed by atoms with van der Waals surface area (Å²) in [7, 11) is 0. The number of nitrogens with one attached hydrogen (secondary N) is 1. The van der Waals surface area contributed by atoms with E-state index in [0.717, 1.165) is 18.0 Å². The zero-order chi connectivity index (χ0) is 14.7. The largest absolute Gasteiger partial charge is 0.477 e. The molecule has 0 amide bonds. The second kappa shape index (κ2) is 5.39. The van der Waals surface area contributed by atoms with Crippen molar-refractivity contribution < 1.29 is 19.2 Å². The summed E-state index contributed by atoms with van der Waals surface area (Å²) in [6.07, 6.45) is 0.916. The summed E-state index contributed by atoms with van der Waals surface area (Å²) in [5.74, 6) is 0.252. The Labute approximate surface area is 113 Å². The van der Waals surface area contributed by atoms with Crippen LogP contribution in [0.4, 0.5) is 11.5 Å². The van der Waals surface area contributed by atoms with Gasteiger partial charge >= 0.3 is 11.7 Å². The van der Waals surface area contributed by atoms with E-state index in [-0.39, 0.29) is 5.82 Å². The minimum atomic E-state index is -1.38. The third-order valence-corrected chi connectivity index (χ3v) is 2.55. The summed E-state index contributed by atoms with van der Waals surface area (Å²) in [4.78, 5) is 24.7. The molecule has 20 heavy (non-hydrogen) atoms. The molecule has 8 heteroatoms. The monoisotopic (exact) mass is 277 g/mol. The Morgan fingerprint density at radius 1 is 1.55 bits per heavy atom. The van der Waals surface area contributed by atoms with Crippen molar-refractivity contribution in [2.45, 2.75) is 13.5 Å². The van der Waals surface area contributed by atoms with E-state index in [2.05, 4.69) is 10.3 Å². The first kappa shape index (κ1) is 13.5. The summed E-state index contributed by atoms with van der Waals surface area (Å²) in [5.41, 5.74) is -0.958. The van der Waals surface area contributed by atoms with Gasteiger partial charge in [-0.3, -0.25) is 10.1 Å². The number of carboxylic acids is 1. The molecule has 0 aliphatic carbocycles. The molecule has 0 aliphatic heterocycles. The van der Waals surface area contributed by atoms with Crippen LogP contribution in [0.5, 0.6) is 0 Å². The SMILES string of the molecule is Cc1ccc(CNc2cc(C(=O)O)c([N+](=O)[O-])cn2)o1. The summed E-state index contributed by atoms with van der Waals surface area (Å²) in [6, 6.07) is 4.69. The minimum Gasteiger partial charge on any atom is -0.477 e. The van der Waals surface area contributed by atoms with Gasteiger partial charge in [0, 0.05) is 6.07 Å². The standard InChI is InChI=1S/C12H11N3O5/c1-7-2-3-8(20-7)5-13-11-4-9(12(16)17)10(6-14-11)15(18)19/h2-4,6H,5H2,1H3,(H,13,14)(H,16,17). The molecule has 0 saturated heterocycles. The Morgan fingerprint density at radius 2 is 2.30 bits per heavy atom. The lowest BCUT2D eigenvalue weighted by atomic mass is 10.2. The molecular formula is C12H11N3O5. The molecule has 0 atom stereocenters. The Balaban J connectivity index is 2.18. The molecule has 0 unspecified atom stereocenters. The lowest BCUT2D eigenvalue weighted by Gasteiger charge is -2.05. The van der Waals surface area contributed by atoms with E-state index in [9.17, 15) is 14.9 Å². The van der Waals surface area contributed by atoms with Gasteiger partial charge in [-0.25, -0.2) is 9.78 Å². The Bertz CT molecular complexity index is 665. The van der Waals surface area contributed by atoms with E-state index < -0.39 is 22.1 Å². The fourth-order valence-corrected chi connectivity index (χ4v) is 1.62. The van der Waals surface area contributed by atoms with Crippen LogP contribution in [-0.2, 0) is 6.54 Å². The summed E-state index contributed by atoms with van der Waals surface area (Å²) in [5, 5.41) is 22.5. The lowest BCUT2D eigenvalue weighted by molar-refractivity contribution is -0.385. The maximum atomic E-state index is 11.0. The molecule has 0 aromatic carbocycles. The Morgan fingerprint density at radius 3 is 2.85 bits per heavy atom. The molecule has 2 heterocycles. The summed E-state index contributed by atoms with van der Waals surface area (Å²) in [6.45, 7) is 2.11. The smallest absolute Gasteiger partial charge is 0.342 e. The van der Waals surface area contributed by atoms with Crippen molar-refractivity contribution in [2.24, 2.45) is 0 Å². The second-order valence-electron chi connectivity index (χ2n) is 4.01. The summed E-state index contributed by atoms with van der Waals surface area (Å²) < 4.78 is 5.33. The quantitative estimate of drug-likeness (QED) is 0.635. The zero-order valence-electron chi connectivity index (χ0n) is 10.5. The van der Waals surface area contributed by atoms with Gasteiger partial charge in [0.15, 0.2) is 0 Å². The van der Waals surface area contributed by atoms with Crippen LogP contribution in [0.15, 0.2) is 28.8 Å². The van der Waals surface area contributed by atoms with Crippen LogP contribution in [-0.4, -0.2) is 21.0 Å². The first-order chi connectivity index (χ1) is 9.47. The normalized spacial score (nSPS) is 10.2. The molecule has 0 saturated carbocycles. The van der Waals surface area contributed by atoms with Gasteiger partial charge in [0.05, 0.1) is 11.5 Å². The van der Waals surface area contributed by atoms with Crippen LogP contribution in [0.3, 0.4) is 0 Å². The van der Waals surface area contributed by atoms with Gasteiger partial charge in [-0.2, -0.15) is 0 Å². The van der Waals surface area contributed by atoms with Crippen molar-refractivity contribution in [1.29, 1.82) is 0 Å². The average molecular weight is 277 g/mol. The summed E-state index contributed by atoms with van der Waals surface area (Å²) >= 11 is 0. The zero-order valence-corrected chi connectivity index (χ0v) is 10.5. The van der Waals surface area contributed by atoms with E-state index in [1.54, 1.807) is 19.1 Å². The van der Waals surface area contributed by atoms with E-state index in [1.165, 1.54) is 0 Å². The number of carbonyl (C=O) groups is 1. The number of furan rings is 1. The fraction of sp³-hybridized carbons (Fsp3) is 0.167. The minimum absolute atomic E-state index is 0.224. The maximum Gasteiger partial charge on any atom is 0.342 e. The van der Waals surface area contributed by atoms with Crippen LogP contribution in [0, 0.1) is 17.0 Å². The molecule has 2 aromatic rings. The van der Waals surface area contributed by atoms with Gasteiger partial charge in [0.2, 0.25) is 0 Å². The molecule has 2 N–H and O–H groups in total. The van der Waals surface area contributed by atoms with Crippen LogP contribution in [0.1, 0.15) is 21.9 Å². The molecular weight excluding hydrogens is 266 g/mol. The van der Waals surface area contributed by atoms with Crippen molar-refractivity contribution in [3.63, 3.8) is 0 Å². The molecule has 0 fully saturated rings. The van der Waals surface area contributed by atoms with E-state index in [4.69, 9.17) is 9.52 Å². The Hall–Kier alpha value is -2.90. The van der Waals surface area contributed by atoms with E-state index in [0.29, 0.717) is 12.3 Å². The van der Waals surface area contributed by atoms with Crippen LogP contribution < -0.4 is 5.32 Å². The third-order valence-electron chi connectivity index (χ3n) is 2.55. The first-order valence-electron chi connectivity index (χ1n) is 5.64. The molecule has 104 valence electrons. The highest BCUT2D eigenvalue weighted by Gasteiger charge is 2.20. The highest BCUT2D eigenvalue weighted by molar-refractivity contribution is 5.93. The number of rotatable bonds is 5. The number of aromatic carboxylic acids is 1. The molecule has 0 radical (unpaired) electrons. The van der Waals surface area contributed by atoms with Crippen molar-refractivity contribution in [2.75, 3.05) is 5.32 Å². The first-order valence-corrected chi connectivity index (χ1v) is 5.64. The van der Waals surface area contributed by atoms with E-state index in [1.807, 2.05) is 0 Å². The predicted octanol–water partition coefficient (Wildman–Crippen LogP) is 2.20. The van der Waals surface area contributed by atoms with Crippen molar-refractivity contribution in [3.8, 4) is 0 Å². The van der Waals surface area contributed by atoms with Crippen LogP contribution in [0.2, 0.25) is 0 Å². The number of aryl methyl sites for hydroxylation is 1. The van der Waals surface area contributed by atoms with Crippen LogP contribution in [0.25, 0.3) is 0 Å². The third kappa shape index (κ3) is 2.91. The van der Waals surface area contributed by atoms with E-state index >= 15 is 0 Å². The highest BCUT2D eigenvalue weighted by atomic mass is 16.6. The number of hydrogen-bond donors (Lipinski definition) is 2. The number of nitrogens with zero attached hydrogens (tertiary/aromatic N) is 2. The van der Waals surface area contributed by atoms with Gasteiger partial charge < -0.3 is 14.8 Å². The number of pyridine rings is 1. The topological polar surface area (TPSA) is 118 Å². The van der Waals surface area contributed by atoms with Gasteiger partial charge in [-0.15, -0.1) is 0 Å². The van der Waals surface area contributed by atoms with Crippen molar-refractivity contribution in [1.82, 2.24) is 4.98 Å². The average Bonchev–Trinajstić information content (AvgIpc) is 2.81. The molecule has 0 aliphatic rings. The molecule has 0 spiro atoms. The van der Waals surface area contributed by atoms with Gasteiger partial charge in [-0.05, 0) is 19.1 Å². The number of hydrogen-bond acceptors (Lipinski definition) is 6. The van der Waals surface area contributed by atoms with Crippen molar-refractivity contribution in [3.05, 3.63) is 51.6 Å². The number of aromatic nitrogens is 1. The van der Waals surface area contributed by atoms with Crippen LogP contribution >= 0.6 is 0 Å². The molecule has 0 bridgehead atoms. The molecule has 2 rings (SSSR count). The maximum absolute atomic E-state index is 11.0. The fourth-order valence-electron chi connectivity index (χ4n) is 1.62. The molecule has 8 nitrogen and oxygen atoms in total.